The number of nitrogens with one attached hydrogen (secondary N) is 2. The number of benzene rings is 2. The molecule has 1 heterocycles. The Morgan fingerprint density at radius 3 is 2.59 bits per heavy atom. The maximum absolute atomic E-state index is 13.5. The van der Waals surface area contributed by atoms with Crippen molar-refractivity contribution in [2.24, 2.45) is 4.99 Å². The van der Waals surface area contributed by atoms with Gasteiger partial charge < -0.3 is 20.6 Å². The minimum atomic E-state index is -0.624. The van der Waals surface area contributed by atoms with Crippen LogP contribution in [0.15, 0.2) is 53.5 Å². The normalized spacial score (nSPS) is 16.6. The van der Waals surface area contributed by atoms with Crippen LogP contribution in [0.25, 0.3) is 0 Å². The molecule has 0 saturated carbocycles. The number of anilines is 1. The average molecular weight is 399 g/mol. The molecule has 0 spiro atoms. The first-order chi connectivity index (χ1) is 14.0. The van der Waals surface area contributed by atoms with Crippen LogP contribution in [0.4, 0.5) is 10.1 Å². The van der Waals surface area contributed by atoms with Crippen LogP contribution in [0.2, 0.25) is 0 Å². The third-order valence-electron chi connectivity index (χ3n) is 5.24. The zero-order chi connectivity index (χ0) is 20.6. The van der Waals surface area contributed by atoms with Crippen LogP contribution in [0, 0.1) is 12.7 Å². The lowest BCUT2D eigenvalue weighted by Crippen LogP contribution is -2.48. The molecule has 3 N–H and O–H groups in total. The van der Waals surface area contributed by atoms with Gasteiger partial charge in [-0.05, 0) is 50.5 Å². The highest BCUT2D eigenvalue weighted by Gasteiger charge is 2.20. The monoisotopic (exact) mass is 398 g/mol. The first kappa shape index (κ1) is 21.1. The lowest BCUT2D eigenvalue weighted by Gasteiger charge is -2.34. The summed E-state index contributed by atoms with van der Waals surface area (Å²) in [5, 5.41) is 17.2. The van der Waals surface area contributed by atoms with Crippen LogP contribution in [0.5, 0.6) is 0 Å². The second-order valence-corrected chi connectivity index (χ2v) is 7.53. The molecule has 1 fully saturated rings. The second-order valence-electron chi connectivity index (χ2n) is 7.53. The number of hydrogen-bond donors (Lipinski definition) is 3. The van der Waals surface area contributed by atoms with Gasteiger partial charge in [0.05, 0.1) is 12.6 Å². The molecule has 0 aromatic heterocycles. The number of piperidine rings is 1. The maximum Gasteiger partial charge on any atom is 0.191 e. The summed E-state index contributed by atoms with van der Waals surface area (Å²) in [5.41, 5.74) is 2.98. The van der Waals surface area contributed by atoms with Gasteiger partial charge in [0.1, 0.15) is 5.82 Å². The van der Waals surface area contributed by atoms with Crippen LogP contribution < -0.4 is 15.5 Å². The number of aliphatic hydroxyl groups excluding tert-OH is 1. The molecule has 0 amide bonds. The van der Waals surface area contributed by atoms with Crippen LogP contribution in [0.3, 0.4) is 0 Å². The molecular formula is C23H31FN4O. The Morgan fingerprint density at radius 2 is 1.93 bits per heavy atom. The maximum atomic E-state index is 13.5. The zero-order valence-electron chi connectivity index (χ0n) is 17.2. The highest BCUT2D eigenvalue weighted by Crippen LogP contribution is 2.21. The molecule has 0 radical (unpaired) electrons. The molecule has 2 aromatic carbocycles. The summed E-state index contributed by atoms with van der Waals surface area (Å²) >= 11 is 0. The van der Waals surface area contributed by atoms with Crippen molar-refractivity contribution in [2.45, 2.75) is 38.8 Å². The van der Waals surface area contributed by atoms with E-state index in [1.807, 2.05) is 44.2 Å². The summed E-state index contributed by atoms with van der Waals surface area (Å²) in [6.07, 6.45) is 1.27. The van der Waals surface area contributed by atoms with Crippen LogP contribution in [-0.4, -0.2) is 43.3 Å². The summed E-state index contributed by atoms with van der Waals surface area (Å²) in [5.74, 6) is 0.527. The number of rotatable bonds is 6. The van der Waals surface area contributed by atoms with E-state index in [1.165, 1.54) is 11.6 Å². The lowest BCUT2D eigenvalue weighted by molar-refractivity contribution is 0.187. The van der Waals surface area contributed by atoms with Gasteiger partial charge in [0.15, 0.2) is 5.96 Å². The second kappa shape index (κ2) is 10.3. The predicted molar refractivity (Wildman–Crippen MR) is 117 cm³/mol. The van der Waals surface area contributed by atoms with Gasteiger partial charge in [0.25, 0.3) is 0 Å². The first-order valence-electron chi connectivity index (χ1n) is 10.3. The van der Waals surface area contributed by atoms with Crippen LogP contribution >= 0.6 is 0 Å². The number of aryl methyl sites for hydroxylation is 1. The topological polar surface area (TPSA) is 59.9 Å². The Hall–Kier alpha value is -2.60. The molecule has 6 heteroatoms. The minimum absolute atomic E-state index is 0.198. The van der Waals surface area contributed by atoms with Crippen LogP contribution in [-0.2, 0) is 0 Å². The van der Waals surface area contributed by atoms with E-state index in [0.29, 0.717) is 12.6 Å². The number of hydrogen-bond acceptors (Lipinski definition) is 3. The predicted octanol–water partition coefficient (Wildman–Crippen LogP) is 3.39. The van der Waals surface area contributed by atoms with Crippen molar-refractivity contribution >= 4 is 11.6 Å². The molecule has 0 bridgehead atoms. The molecule has 2 aromatic rings. The number of aliphatic hydroxyl groups is 1. The van der Waals surface area contributed by atoms with Gasteiger partial charge >= 0.3 is 0 Å². The van der Waals surface area contributed by atoms with Crippen LogP contribution in [0.1, 0.15) is 37.0 Å². The van der Waals surface area contributed by atoms with E-state index in [2.05, 4.69) is 20.5 Å². The minimum Gasteiger partial charge on any atom is -0.386 e. The lowest BCUT2D eigenvalue weighted by atomic mass is 10.0. The van der Waals surface area contributed by atoms with E-state index in [9.17, 15) is 9.50 Å². The van der Waals surface area contributed by atoms with Crippen molar-refractivity contribution in [2.75, 3.05) is 31.1 Å². The van der Waals surface area contributed by atoms with Crippen molar-refractivity contribution in [3.63, 3.8) is 0 Å². The SMILES string of the molecule is CCNC(=NCC(O)c1ccc(C)cc1)NC1CCN(c2cccc(F)c2)CC1. The Kier molecular flexibility index (Phi) is 7.47. The van der Waals surface area contributed by atoms with E-state index in [1.54, 1.807) is 12.1 Å². The number of guanidine groups is 1. The quantitative estimate of drug-likeness (QED) is 0.516. The highest BCUT2D eigenvalue weighted by atomic mass is 19.1. The smallest absolute Gasteiger partial charge is 0.191 e. The molecule has 3 rings (SSSR count). The first-order valence-corrected chi connectivity index (χ1v) is 10.3. The molecule has 29 heavy (non-hydrogen) atoms. The Labute approximate surface area is 172 Å². The fraction of sp³-hybridized carbons (Fsp3) is 0.435. The van der Waals surface area contributed by atoms with Gasteiger partial charge in [-0.2, -0.15) is 0 Å². The van der Waals surface area contributed by atoms with E-state index in [4.69, 9.17) is 0 Å². The summed E-state index contributed by atoms with van der Waals surface area (Å²) in [7, 11) is 0. The molecule has 0 aliphatic carbocycles. The van der Waals surface area contributed by atoms with Crippen molar-refractivity contribution in [1.29, 1.82) is 0 Å². The standard InChI is InChI=1S/C23H31FN4O/c1-3-25-23(26-16-22(29)18-9-7-17(2)8-10-18)27-20-11-13-28(14-12-20)21-6-4-5-19(24)15-21/h4-10,15,20,22,29H,3,11-14,16H2,1-2H3,(H2,25,26,27). The van der Waals surface area contributed by atoms with E-state index in [0.717, 1.165) is 49.7 Å². The molecule has 1 saturated heterocycles. The van der Waals surface area contributed by atoms with Gasteiger partial charge in [0, 0.05) is 31.4 Å². The number of nitrogens with zero attached hydrogens (tertiary/aromatic N) is 2. The molecular weight excluding hydrogens is 367 g/mol. The van der Waals surface area contributed by atoms with Gasteiger partial charge in [0.2, 0.25) is 0 Å². The van der Waals surface area contributed by atoms with Crippen molar-refractivity contribution < 1.29 is 9.50 Å². The fourth-order valence-corrected chi connectivity index (χ4v) is 3.54. The molecule has 1 atom stereocenters. The number of aliphatic imine (C=N–C) groups is 1. The van der Waals surface area contributed by atoms with E-state index >= 15 is 0 Å². The Bertz CT molecular complexity index is 801. The van der Waals surface area contributed by atoms with Crippen molar-refractivity contribution in [1.82, 2.24) is 10.6 Å². The zero-order valence-corrected chi connectivity index (χ0v) is 17.2. The third-order valence-corrected chi connectivity index (χ3v) is 5.24. The van der Waals surface area contributed by atoms with Gasteiger partial charge in [-0.1, -0.05) is 35.9 Å². The van der Waals surface area contributed by atoms with E-state index < -0.39 is 6.10 Å². The van der Waals surface area contributed by atoms with Gasteiger partial charge in [-0.25, -0.2) is 4.39 Å². The summed E-state index contributed by atoms with van der Waals surface area (Å²) < 4.78 is 13.5. The fourth-order valence-electron chi connectivity index (χ4n) is 3.54. The molecule has 1 unspecified atom stereocenters. The van der Waals surface area contributed by atoms with Crippen molar-refractivity contribution in [3.05, 3.63) is 65.5 Å². The average Bonchev–Trinajstić information content (AvgIpc) is 2.73. The largest absolute Gasteiger partial charge is 0.386 e. The Morgan fingerprint density at radius 1 is 1.21 bits per heavy atom. The highest BCUT2D eigenvalue weighted by molar-refractivity contribution is 5.80. The number of halogens is 1. The summed E-state index contributed by atoms with van der Waals surface area (Å²) in [4.78, 5) is 6.79. The van der Waals surface area contributed by atoms with Crippen molar-refractivity contribution in [3.8, 4) is 0 Å². The molecule has 1 aliphatic rings. The Balaban J connectivity index is 1.53. The van der Waals surface area contributed by atoms with Gasteiger partial charge in [-0.15, -0.1) is 0 Å². The molecule has 156 valence electrons. The third kappa shape index (κ3) is 6.19. The summed E-state index contributed by atoms with van der Waals surface area (Å²) in [6, 6.07) is 15.0. The van der Waals surface area contributed by atoms with Gasteiger partial charge in [-0.3, -0.25) is 4.99 Å². The summed E-state index contributed by atoms with van der Waals surface area (Å²) in [6.45, 7) is 6.86. The van der Waals surface area contributed by atoms with E-state index in [-0.39, 0.29) is 5.82 Å². The molecule has 5 nitrogen and oxygen atoms in total. The molecule has 1 aliphatic heterocycles.